The van der Waals surface area contributed by atoms with E-state index in [-0.39, 0.29) is 22.9 Å². The minimum absolute atomic E-state index is 0.151. The molecule has 0 aliphatic heterocycles. The van der Waals surface area contributed by atoms with E-state index in [4.69, 9.17) is 5.21 Å². The topological polar surface area (TPSA) is 147 Å². The number of rotatable bonds is 8. The lowest BCUT2D eigenvalue weighted by molar-refractivity contribution is -0.384. The minimum atomic E-state index is -4.21. The molecule has 0 radical (unpaired) electrons. The van der Waals surface area contributed by atoms with Gasteiger partial charge in [-0.25, -0.2) is 13.9 Å². The van der Waals surface area contributed by atoms with Crippen molar-refractivity contribution in [2.45, 2.75) is 31.3 Å². The fourth-order valence-electron chi connectivity index (χ4n) is 2.55. The summed E-state index contributed by atoms with van der Waals surface area (Å²) < 4.78 is 27.1. The summed E-state index contributed by atoms with van der Waals surface area (Å²) in [6.45, 7) is 2.36. The van der Waals surface area contributed by atoms with Crippen molar-refractivity contribution in [3.05, 3.63) is 69.8 Å². The number of hydroxylamine groups is 1. The van der Waals surface area contributed by atoms with E-state index in [0.717, 1.165) is 4.31 Å². The van der Waals surface area contributed by atoms with Gasteiger partial charge in [0, 0.05) is 24.2 Å². The largest absolute Gasteiger partial charge is 0.295 e. The number of hydrogen-bond donors (Lipinski definition) is 2. The molecule has 0 aromatic heterocycles. The number of nitrogens with zero attached hydrogens (tertiary/aromatic N) is 2. The number of hydrogen-bond acceptors (Lipinski definition) is 7. The molecule has 2 aromatic carbocycles. The predicted octanol–water partition coefficient (Wildman–Crippen LogP) is 1.88. The van der Waals surface area contributed by atoms with Gasteiger partial charge in [-0.1, -0.05) is 24.3 Å². The Hall–Kier alpha value is -3.15. The van der Waals surface area contributed by atoms with Gasteiger partial charge in [-0.2, -0.15) is 4.31 Å². The summed E-state index contributed by atoms with van der Waals surface area (Å²) in [5, 5.41) is 19.7. The van der Waals surface area contributed by atoms with Crippen molar-refractivity contribution in [2.75, 3.05) is 0 Å². The molecule has 1 amide bonds. The molecule has 11 heteroatoms. The van der Waals surface area contributed by atoms with Crippen LogP contribution in [0, 0.1) is 10.1 Å². The molecule has 1 unspecified atom stereocenters. The lowest BCUT2D eigenvalue weighted by atomic mass is 10.2. The molecule has 1 atom stereocenters. The third kappa shape index (κ3) is 5.02. The van der Waals surface area contributed by atoms with Crippen LogP contribution < -0.4 is 5.48 Å². The zero-order valence-electron chi connectivity index (χ0n) is 15.6. The first kappa shape index (κ1) is 22.1. The normalized spacial score (nSPS) is 12.4. The summed E-state index contributed by atoms with van der Waals surface area (Å²) in [5.74, 6) is -1.18. The second-order valence-electron chi connectivity index (χ2n) is 6.21. The number of nitro benzene ring substituents is 1. The zero-order chi connectivity index (χ0) is 21.8. The maximum Gasteiger partial charge on any atom is 0.269 e. The molecule has 29 heavy (non-hydrogen) atoms. The molecule has 2 rings (SSSR count). The number of Topliss-reactive ketones (excluding diaryl/α,β-unsaturated/α-hetero) is 1. The minimum Gasteiger partial charge on any atom is -0.295 e. The molecule has 0 fully saturated rings. The molecule has 0 spiro atoms. The van der Waals surface area contributed by atoms with Crippen LogP contribution in [-0.4, -0.2) is 40.6 Å². The summed E-state index contributed by atoms with van der Waals surface area (Å²) in [6, 6.07) is 9.12. The third-order valence-electron chi connectivity index (χ3n) is 4.27. The van der Waals surface area contributed by atoms with Crippen LogP contribution in [0.15, 0.2) is 53.4 Å². The smallest absolute Gasteiger partial charge is 0.269 e. The average molecular weight is 421 g/mol. The lowest BCUT2D eigenvalue weighted by Gasteiger charge is -2.27. The number of benzene rings is 2. The Morgan fingerprint density at radius 3 is 2.14 bits per heavy atom. The Kier molecular flexibility index (Phi) is 6.80. The maximum atomic E-state index is 13.1. The third-order valence-corrected chi connectivity index (χ3v) is 6.21. The van der Waals surface area contributed by atoms with Crippen molar-refractivity contribution in [3.63, 3.8) is 0 Å². The fraction of sp³-hybridized carbons (Fsp3) is 0.222. The number of nitro groups is 1. The number of ketones is 1. The van der Waals surface area contributed by atoms with E-state index in [1.54, 1.807) is 0 Å². The van der Waals surface area contributed by atoms with Gasteiger partial charge < -0.3 is 0 Å². The van der Waals surface area contributed by atoms with Crippen LogP contribution in [0.3, 0.4) is 0 Å². The summed E-state index contributed by atoms with van der Waals surface area (Å²) in [6.07, 6.45) is 0. The predicted molar refractivity (Wildman–Crippen MR) is 102 cm³/mol. The van der Waals surface area contributed by atoms with Crippen LogP contribution >= 0.6 is 0 Å². The molecule has 0 aliphatic rings. The molecule has 0 saturated carbocycles. The van der Waals surface area contributed by atoms with E-state index in [1.165, 1.54) is 67.9 Å². The van der Waals surface area contributed by atoms with Crippen molar-refractivity contribution in [1.29, 1.82) is 0 Å². The molecule has 0 saturated heterocycles. The van der Waals surface area contributed by atoms with Gasteiger partial charge in [0.25, 0.3) is 11.6 Å². The van der Waals surface area contributed by atoms with Crippen LogP contribution in [0.5, 0.6) is 0 Å². The van der Waals surface area contributed by atoms with Crippen LogP contribution in [-0.2, 0) is 21.4 Å². The highest BCUT2D eigenvalue weighted by Crippen LogP contribution is 2.23. The van der Waals surface area contributed by atoms with Crippen molar-refractivity contribution < 1.29 is 28.1 Å². The first-order valence-electron chi connectivity index (χ1n) is 8.38. The number of sulfonamides is 1. The van der Waals surface area contributed by atoms with Gasteiger partial charge in [0.05, 0.1) is 9.82 Å². The lowest BCUT2D eigenvalue weighted by Crippen LogP contribution is -2.46. The van der Waals surface area contributed by atoms with Crippen LogP contribution in [0.25, 0.3) is 0 Å². The highest BCUT2D eigenvalue weighted by atomic mass is 32.2. The quantitative estimate of drug-likeness (QED) is 0.286. The number of amides is 1. The van der Waals surface area contributed by atoms with Crippen LogP contribution in [0.4, 0.5) is 5.69 Å². The zero-order valence-corrected chi connectivity index (χ0v) is 16.4. The molecule has 10 nitrogen and oxygen atoms in total. The van der Waals surface area contributed by atoms with Crippen molar-refractivity contribution in [1.82, 2.24) is 9.79 Å². The van der Waals surface area contributed by atoms with E-state index in [9.17, 15) is 28.1 Å². The van der Waals surface area contributed by atoms with Gasteiger partial charge in [-0.15, -0.1) is 0 Å². The number of carbonyl (C=O) groups is 2. The molecule has 0 bridgehead atoms. The van der Waals surface area contributed by atoms with Crippen molar-refractivity contribution in [3.8, 4) is 0 Å². The summed E-state index contributed by atoms with van der Waals surface area (Å²) in [5.41, 5.74) is 1.99. The Labute approximate surface area is 166 Å². The molecule has 0 heterocycles. The highest BCUT2D eigenvalue weighted by molar-refractivity contribution is 7.89. The van der Waals surface area contributed by atoms with E-state index in [1.807, 2.05) is 0 Å². The molecule has 2 N–H and O–H groups in total. The number of non-ortho nitro benzene ring substituents is 1. The Balaban J connectivity index is 2.44. The van der Waals surface area contributed by atoms with E-state index in [0.29, 0.717) is 11.1 Å². The van der Waals surface area contributed by atoms with Gasteiger partial charge in [0.2, 0.25) is 10.0 Å². The SMILES string of the molecule is CC(=O)c1ccc(S(=O)(=O)N(Cc2ccc([N+](=O)[O-])cc2)C(C)C(=O)NO)cc1. The fourth-order valence-corrected chi connectivity index (χ4v) is 4.14. The molecular formula is C18H19N3O7S. The summed E-state index contributed by atoms with van der Waals surface area (Å²) in [4.78, 5) is 33.4. The van der Waals surface area contributed by atoms with Gasteiger partial charge in [-0.3, -0.25) is 24.9 Å². The Morgan fingerprint density at radius 2 is 1.69 bits per heavy atom. The number of carbonyl (C=O) groups excluding carboxylic acids is 2. The standard InChI is InChI=1S/C18H19N3O7S/c1-12(18(23)19-24)20(11-14-3-7-16(8-4-14)21(25)26)29(27,28)17-9-5-15(6-10-17)13(2)22/h3-10,12,24H,11H2,1-2H3,(H,19,23). The average Bonchev–Trinajstić information content (AvgIpc) is 2.71. The molecule has 2 aromatic rings. The first-order chi connectivity index (χ1) is 13.6. The van der Waals surface area contributed by atoms with Gasteiger partial charge in [-0.05, 0) is 31.5 Å². The Bertz CT molecular complexity index is 1020. The van der Waals surface area contributed by atoms with Gasteiger partial charge in [0.15, 0.2) is 5.78 Å². The van der Waals surface area contributed by atoms with Gasteiger partial charge in [0.1, 0.15) is 6.04 Å². The molecule has 154 valence electrons. The summed E-state index contributed by atoms with van der Waals surface area (Å²) >= 11 is 0. The van der Waals surface area contributed by atoms with Crippen LogP contribution in [0.1, 0.15) is 29.8 Å². The number of nitrogens with one attached hydrogen (secondary N) is 1. The van der Waals surface area contributed by atoms with Crippen molar-refractivity contribution in [2.24, 2.45) is 0 Å². The van der Waals surface area contributed by atoms with Crippen LogP contribution in [0.2, 0.25) is 0 Å². The second-order valence-corrected chi connectivity index (χ2v) is 8.10. The molecule has 0 aliphatic carbocycles. The van der Waals surface area contributed by atoms with Gasteiger partial charge >= 0.3 is 0 Å². The van der Waals surface area contributed by atoms with Crippen molar-refractivity contribution >= 4 is 27.4 Å². The molecular weight excluding hydrogens is 402 g/mol. The Morgan fingerprint density at radius 1 is 1.14 bits per heavy atom. The van der Waals surface area contributed by atoms with E-state index >= 15 is 0 Å². The first-order valence-corrected chi connectivity index (χ1v) is 9.82. The maximum absolute atomic E-state index is 13.1. The van der Waals surface area contributed by atoms with E-state index < -0.39 is 26.9 Å². The highest BCUT2D eigenvalue weighted by Gasteiger charge is 2.33. The summed E-state index contributed by atoms with van der Waals surface area (Å²) in [7, 11) is -4.21. The monoisotopic (exact) mass is 421 g/mol. The second kappa shape index (κ2) is 8.90. The van der Waals surface area contributed by atoms with E-state index in [2.05, 4.69) is 0 Å².